The highest BCUT2D eigenvalue weighted by Crippen LogP contribution is 2.18. The summed E-state index contributed by atoms with van der Waals surface area (Å²) in [5.74, 6) is 0.429. The number of carbonyl (C=O) groups excluding carboxylic acids is 1. The summed E-state index contributed by atoms with van der Waals surface area (Å²) in [6, 6.07) is 0. The molecular formula is C12H24N2O2. The lowest BCUT2D eigenvalue weighted by Crippen LogP contribution is -2.57. The van der Waals surface area contributed by atoms with Gasteiger partial charge in [0.1, 0.15) is 0 Å². The lowest BCUT2D eigenvalue weighted by Gasteiger charge is -2.33. The van der Waals surface area contributed by atoms with Gasteiger partial charge in [-0.1, -0.05) is 6.92 Å². The molecule has 1 amide bonds. The molecule has 1 rings (SSSR count). The molecule has 2 unspecified atom stereocenters. The topological polar surface area (TPSA) is 61.4 Å². The van der Waals surface area contributed by atoms with Gasteiger partial charge in [-0.25, -0.2) is 0 Å². The maximum atomic E-state index is 12.0. The van der Waals surface area contributed by atoms with E-state index < -0.39 is 5.54 Å². The van der Waals surface area contributed by atoms with Crippen LogP contribution in [0.4, 0.5) is 0 Å². The fourth-order valence-corrected chi connectivity index (χ4v) is 2.03. The second kappa shape index (κ2) is 6.21. The Kier molecular flexibility index (Phi) is 5.22. The molecule has 0 radical (unpaired) electrons. The summed E-state index contributed by atoms with van der Waals surface area (Å²) in [6.07, 6.45) is 3.92. The van der Waals surface area contributed by atoms with Crippen LogP contribution in [0.2, 0.25) is 0 Å². The van der Waals surface area contributed by atoms with Crippen LogP contribution in [0.25, 0.3) is 0 Å². The maximum Gasteiger partial charge on any atom is 0.240 e. The van der Waals surface area contributed by atoms with E-state index in [2.05, 4.69) is 10.6 Å². The van der Waals surface area contributed by atoms with E-state index in [4.69, 9.17) is 5.11 Å². The summed E-state index contributed by atoms with van der Waals surface area (Å²) in [6.45, 7) is 5.77. The molecule has 0 aromatic carbocycles. The second-order valence-corrected chi connectivity index (χ2v) is 5.04. The van der Waals surface area contributed by atoms with Crippen molar-refractivity contribution in [2.45, 2.75) is 45.1 Å². The minimum atomic E-state index is -0.392. The first-order chi connectivity index (χ1) is 7.58. The molecule has 0 saturated carbocycles. The molecule has 2 atom stereocenters. The van der Waals surface area contributed by atoms with Gasteiger partial charge in [0.2, 0.25) is 5.91 Å². The Bertz CT molecular complexity index is 225. The van der Waals surface area contributed by atoms with Crippen molar-refractivity contribution in [2.24, 2.45) is 5.92 Å². The van der Waals surface area contributed by atoms with Crippen molar-refractivity contribution in [1.29, 1.82) is 0 Å². The van der Waals surface area contributed by atoms with Gasteiger partial charge in [0.05, 0.1) is 5.54 Å². The van der Waals surface area contributed by atoms with E-state index in [0.717, 1.165) is 32.2 Å². The summed E-state index contributed by atoms with van der Waals surface area (Å²) >= 11 is 0. The molecule has 0 bridgehead atoms. The Morgan fingerprint density at radius 1 is 1.56 bits per heavy atom. The van der Waals surface area contributed by atoms with Crippen LogP contribution in [0, 0.1) is 5.92 Å². The van der Waals surface area contributed by atoms with Crippen LogP contribution in [0.5, 0.6) is 0 Å². The zero-order valence-corrected chi connectivity index (χ0v) is 10.4. The first-order valence-corrected chi connectivity index (χ1v) is 6.22. The van der Waals surface area contributed by atoms with Crippen molar-refractivity contribution < 1.29 is 9.90 Å². The Hall–Kier alpha value is -0.610. The van der Waals surface area contributed by atoms with Gasteiger partial charge in [0.25, 0.3) is 0 Å². The predicted octanol–water partition coefficient (Wildman–Crippen LogP) is 0.653. The molecule has 0 aromatic rings. The minimum absolute atomic E-state index is 0.0944. The van der Waals surface area contributed by atoms with E-state index in [1.807, 2.05) is 13.8 Å². The van der Waals surface area contributed by atoms with Gasteiger partial charge in [0.15, 0.2) is 0 Å². The van der Waals surface area contributed by atoms with Crippen LogP contribution < -0.4 is 10.6 Å². The summed E-state index contributed by atoms with van der Waals surface area (Å²) in [5.41, 5.74) is -0.392. The largest absolute Gasteiger partial charge is 0.396 e. The number of amides is 1. The summed E-state index contributed by atoms with van der Waals surface area (Å²) in [4.78, 5) is 12.0. The number of aliphatic hydroxyl groups is 1. The first kappa shape index (κ1) is 13.5. The van der Waals surface area contributed by atoms with Crippen molar-refractivity contribution >= 4 is 5.91 Å². The lowest BCUT2D eigenvalue weighted by atomic mass is 9.90. The van der Waals surface area contributed by atoms with Crippen molar-refractivity contribution in [3.8, 4) is 0 Å². The Balaban J connectivity index is 2.33. The Morgan fingerprint density at radius 3 is 2.88 bits per heavy atom. The first-order valence-electron chi connectivity index (χ1n) is 6.22. The van der Waals surface area contributed by atoms with Gasteiger partial charge < -0.3 is 15.7 Å². The van der Waals surface area contributed by atoms with Crippen LogP contribution in [-0.4, -0.2) is 36.2 Å². The number of carbonyl (C=O) groups is 1. The molecule has 0 spiro atoms. The third-order valence-electron chi connectivity index (χ3n) is 3.35. The third-order valence-corrected chi connectivity index (χ3v) is 3.35. The maximum absolute atomic E-state index is 12.0. The van der Waals surface area contributed by atoms with Crippen LogP contribution >= 0.6 is 0 Å². The smallest absolute Gasteiger partial charge is 0.240 e. The van der Waals surface area contributed by atoms with Gasteiger partial charge in [-0.15, -0.1) is 0 Å². The molecule has 3 N–H and O–H groups in total. The number of piperidine rings is 1. The SMILES string of the molecule is CC(CCO)CNC(=O)C1(C)CCCCN1. The molecule has 1 fully saturated rings. The number of nitrogens with one attached hydrogen (secondary N) is 2. The van der Waals surface area contributed by atoms with Crippen LogP contribution in [0.3, 0.4) is 0 Å². The van der Waals surface area contributed by atoms with Crippen molar-refractivity contribution in [1.82, 2.24) is 10.6 Å². The zero-order chi connectivity index (χ0) is 12.0. The lowest BCUT2D eigenvalue weighted by molar-refractivity contribution is -0.128. The fourth-order valence-electron chi connectivity index (χ4n) is 2.03. The molecule has 1 aliphatic rings. The average molecular weight is 228 g/mol. The summed E-state index contributed by atoms with van der Waals surface area (Å²) in [5, 5.41) is 15.0. The highest BCUT2D eigenvalue weighted by atomic mass is 16.3. The van der Waals surface area contributed by atoms with E-state index in [-0.39, 0.29) is 12.5 Å². The zero-order valence-electron chi connectivity index (χ0n) is 10.4. The van der Waals surface area contributed by atoms with Crippen LogP contribution in [0.15, 0.2) is 0 Å². The highest BCUT2D eigenvalue weighted by Gasteiger charge is 2.33. The molecule has 4 heteroatoms. The standard InChI is InChI=1S/C12H24N2O2/c1-10(5-8-15)9-13-11(16)12(2)6-3-4-7-14-12/h10,14-15H,3-9H2,1-2H3,(H,13,16). The average Bonchev–Trinajstić information content (AvgIpc) is 2.27. The van der Waals surface area contributed by atoms with Gasteiger partial charge in [0, 0.05) is 13.2 Å². The number of hydrogen-bond donors (Lipinski definition) is 3. The van der Waals surface area contributed by atoms with Gasteiger partial charge in [-0.3, -0.25) is 4.79 Å². The molecule has 1 saturated heterocycles. The third kappa shape index (κ3) is 3.76. The molecular weight excluding hydrogens is 204 g/mol. The Morgan fingerprint density at radius 2 is 2.31 bits per heavy atom. The van der Waals surface area contributed by atoms with Crippen molar-refractivity contribution in [3.63, 3.8) is 0 Å². The molecule has 1 heterocycles. The number of aliphatic hydroxyl groups excluding tert-OH is 1. The van der Waals surface area contributed by atoms with E-state index >= 15 is 0 Å². The van der Waals surface area contributed by atoms with E-state index in [1.165, 1.54) is 0 Å². The minimum Gasteiger partial charge on any atom is -0.396 e. The highest BCUT2D eigenvalue weighted by molar-refractivity contribution is 5.85. The van der Waals surface area contributed by atoms with Crippen molar-refractivity contribution in [3.05, 3.63) is 0 Å². The van der Waals surface area contributed by atoms with Crippen molar-refractivity contribution in [2.75, 3.05) is 19.7 Å². The number of hydrogen-bond acceptors (Lipinski definition) is 3. The molecule has 16 heavy (non-hydrogen) atoms. The number of rotatable bonds is 5. The molecule has 94 valence electrons. The predicted molar refractivity (Wildman–Crippen MR) is 64.1 cm³/mol. The normalized spacial score (nSPS) is 27.4. The summed E-state index contributed by atoms with van der Waals surface area (Å²) < 4.78 is 0. The molecule has 1 aliphatic heterocycles. The van der Waals surface area contributed by atoms with E-state index in [9.17, 15) is 4.79 Å². The molecule has 0 aromatic heterocycles. The van der Waals surface area contributed by atoms with Gasteiger partial charge >= 0.3 is 0 Å². The van der Waals surface area contributed by atoms with Gasteiger partial charge in [-0.05, 0) is 45.1 Å². The Labute approximate surface area is 97.8 Å². The second-order valence-electron chi connectivity index (χ2n) is 5.04. The molecule has 0 aliphatic carbocycles. The van der Waals surface area contributed by atoms with E-state index in [1.54, 1.807) is 0 Å². The van der Waals surface area contributed by atoms with Crippen LogP contribution in [0.1, 0.15) is 39.5 Å². The van der Waals surface area contributed by atoms with Gasteiger partial charge in [-0.2, -0.15) is 0 Å². The molecule has 4 nitrogen and oxygen atoms in total. The fraction of sp³-hybridized carbons (Fsp3) is 0.917. The van der Waals surface area contributed by atoms with E-state index in [0.29, 0.717) is 12.5 Å². The quantitative estimate of drug-likeness (QED) is 0.647. The monoisotopic (exact) mass is 228 g/mol. The summed E-state index contributed by atoms with van der Waals surface area (Å²) in [7, 11) is 0. The van der Waals surface area contributed by atoms with Crippen LogP contribution in [-0.2, 0) is 4.79 Å².